The maximum Gasteiger partial charge on any atom is 0.342 e. The quantitative estimate of drug-likeness (QED) is 0.0846. The van der Waals surface area contributed by atoms with Crippen LogP contribution in [0.15, 0.2) is 12.2 Å². The second-order valence-electron chi connectivity index (χ2n) is 9.37. The highest BCUT2D eigenvalue weighted by molar-refractivity contribution is 5.99. The summed E-state index contributed by atoms with van der Waals surface area (Å²) in [4.78, 5) is 46.9. The molecule has 0 aromatic carbocycles. The van der Waals surface area contributed by atoms with Gasteiger partial charge in [0.15, 0.2) is 12.2 Å². The Hall–Kier alpha value is -2.06. The number of esters is 4. The van der Waals surface area contributed by atoms with Gasteiger partial charge < -0.3 is 19.7 Å². The summed E-state index contributed by atoms with van der Waals surface area (Å²) in [5.74, 6) is -4.48. The fourth-order valence-electron chi connectivity index (χ4n) is 3.72. The average Bonchev–Trinajstić information content (AvgIpc) is 2.85. The van der Waals surface area contributed by atoms with E-state index in [1.54, 1.807) is 0 Å². The number of carbonyl (C=O) groups excluding carboxylic acids is 4. The fraction of sp³-hybridized carbons (Fsp3) is 0.786. The lowest BCUT2D eigenvalue weighted by atomic mass is 10.1. The number of carbonyl (C=O) groups is 4. The predicted octanol–water partition coefficient (Wildman–Crippen LogP) is 5.47. The van der Waals surface area contributed by atoms with E-state index in [-0.39, 0.29) is 12.8 Å². The van der Waals surface area contributed by atoms with Crippen molar-refractivity contribution in [3.63, 3.8) is 0 Å². The molecule has 0 amide bonds. The molecule has 8 heteroatoms. The number of unbranched alkanes of at least 4 members (excludes halogenated alkanes) is 14. The summed E-state index contributed by atoms with van der Waals surface area (Å²) in [6.07, 6.45) is 15.9. The molecule has 0 aliphatic rings. The normalized spacial score (nSPS) is 12.9. The van der Waals surface area contributed by atoms with E-state index in [9.17, 15) is 29.4 Å². The van der Waals surface area contributed by atoms with Gasteiger partial charge in [0, 0.05) is 12.2 Å². The van der Waals surface area contributed by atoms with Gasteiger partial charge in [0.2, 0.25) is 0 Å². The third kappa shape index (κ3) is 20.2. The molecule has 0 aliphatic heterocycles. The van der Waals surface area contributed by atoms with Gasteiger partial charge in [-0.2, -0.15) is 0 Å². The summed E-state index contributed by atoms with van der Waals surface area (Å²) >= 11 is 0. The summed E-state index contributed by atoms with van der Waals surface area (Å²) in [6.45, 7) is 4.33. The van der Waals surface area contributed by atoms with Crippen LogP contribution in [0.25, 0.3) is 0 Å². The molecule has 0 aliphatic carbocycles. The van der Waals surface area contributed by atoms with Crippen LogP contribution in [0.1, 0.15) is 129 Å². The van der Waals surface area contributed by atoms with Crippen LogP contribution in [0.3, 0.4) is 0 Å². The summed E-state index contributed by atoms with van der Waals surface area (Å²) in [6, 6.07) is 0. The van der Waals surface area contributed by atoms with E-state index >= 15 is 0 Å². The first-order chi connectivity index (χ1) is 17.3. The SMILES string of the molecule is CCCCCCCCCCC(O)C(=O)OC(=O)/C=C\C(=O)OC(=O)C(O)CCCCCCCCCC. The molecule has 0 heterocycles. The molecule has 8 nitrogen and oxygen atoms in total. The van der Waals surface area contributed by atoms with Crippen LogP contribution in [-0.4, -0.2) is 46.3 Å². The number of aliphatic hydroxyl groups excluding tert-OH is 2. The molecule has 0 bridgehead atoms. The number of ether oxygens (including phenoxy) is 2. The van der Waals surface area contributed by atoms with Gasteiger partial charge in [0.1, 0.15) is 0 Å². The summed E-state index contributed by atoms with van der Waals surface area (Å²) in [7, 11) is 0. The van der Waals surface area contributed by atoms with Crippen LogP contribution in [0, 0.1) is 0 Å². The summed E-state index contributed by atoms with van der Waals surface area (Å²) in [5.41, 5.74) is 0. The van der Waals surface area contributed by atoms with E-state index in [0.29, 0.717) is 25.0 Å². The minimum Gasteiger partial charge on any atom is -0.388 e. The third-order valence-corrected chi connectivity index (χ3v) is 5.96. The minimum atomic E-state index is -1.41. The van der Waals surface area contributed by atoms with Crippen molar-refractivity contribution in [2.75, 3.05) is 0 Å². The largest absolute Gasteiger partial charge is 0.388 e. The van der Waals surface area contributed by atoms with E-state index in [0.717, 1.165) is 38.5 Å². The first kappa shape index (κ1) is 33.9. The molecule has 0 fully saturated rings. The molecule has 2 N–H and O–H groups in total. The standard InChI is InChI=1S/C28H48O8/c1-3-5-7-9-11-13-15-17-19-23(29)27(33)35-25(31)21-22-26(32)36-28(34)24(30)20-18-16-14-12-10-8-6-4-2/h21-24,29-30H,3-20H2,1-2H3/b22-21-. The number of hydrogen-bond acceptors (Lipinski definition) is 8. The second kappa shape index (κ2) is 23.3. The van der Waals surface area contributed by atoms with Crippen molar-refractivity contribution in [3.8, 4) is 0 Å². The summed E-state index contributed by atoms with van der Waals surface area (Å²) < 4.78 is 8.98. The zero-order chi connectivity index (χ0) is 27.0. The molecule has 0 aromatic heterocycles. The lowest BCUT2D eigenvalue weighted by Gasteiger charge is -2.09. The predicted molar refractivity (Wildman–Crippen MR) is 138 cm³/mol. The zero-order valence-corrected chi connectivity index (χ0v) is 22.4. The number of hydrogen-bond donors (Lipinski definition) is 2. The van der Waals surface area contributed by atoms with Crippen molar-refractivity contribution in [2.24, 2.45) is 0 Å². The van der Waals surface area contributed by atoms with E-state index < -0.39 is 36.1 Å². The molecule has 208 valence electrons. The molecular formula is C28H48O8. The highest BCUT2D eigenvalue weighted by atomic mass is 16.6. The van der Waals surface area contributed by atoms with Gasteiger partial charge in [-0.25, -0.2) is 19.2 Å². The molecule has 0 saturated carbocycles. The first-order valence-corrected chi connectivity index (χ1v) is 13.9. The third-order valence-electron chi connectivity index (χ3n) is 5.96. The van der Waals surface area contributed by atoms with Gasteiger partial charge in [0.25, 0.3) is 0 Å². The maximum atomic E-state index is 11.8. The molecule has 0 rings (SSSR count). The Balaban J connectivity index is 4.00. The lowest BCUT2D eigenvalue weighted by Crippen LogP contribution is -2.26. The van der Waals surface area contributed by atoms with Gasteiger partial charge in [-0.3, -0.25) is 0 Å². The van der Waals surface area contributed by atoms with Crippen molar-refractivity contribution >= 4 is 23.9 Å². The number of rotatable bonds is 22. The van der Waals surface area contributed by atoms with Gasteiger partial charge in [-0.15, -0.1) is 0 Å². The Morgan fingerprint density at radius 1 is 0.528 bits per heavy atom. The van der Waals surface area contributed by atoms with E-state index in [4.69, 9.17) is 0 Å². The van der Waals surface area contributed by atoms with Crippen molar-refractivity contribution in [2.45, 2.75) is 142 Å². The second-order valence-corrected chi connectivity index (χ2v) is 9.37. The molecule has 2 unspecified atom stereocenters. The Kier molecular flexibility index (Phi) is 22.0. The van der Waals surface area contributed by atoms with Crippen LogP contribution in [0.2, 0.25) is 0 Å². The molecular weight excluding hydrogens is 464 g/mol. The van der Waals surface area contributed by atoms with Crippen LogP contribution in [0.5, 0.6) is 0 Å². The van der Waals surface area contributed by atoms with Crippen molar-refractivity contribution in [1.29, 1.82) is 0 Å². The molecule has 0 spiro atoms. The monoisotopic (exact) mass is 512 g/mol. The van der Waals surface area contributed by atoms with E-state index in [1.807, 2.05) is 0 Å². The molecule has 2 atom stereocenters. The van der Waals surface area contributed by atoms with E-state index in [2.05, 4.69) is 23.3 Å². The minimum absolute atomic E-state index is 0.193. The van der Waals surface area contributed by atoms with Crippen molar-refractivity contribution in [3.05, 3.63) is 12.2 Å². The smallest absolute Gasteiger partial charge is 0.342 e. The fourth-order valence-corrected chi connectivity index (χ4v) is 3.72. The highest BCUT2D eigenvalue weighted by Gasteiger charge is 2.20. The molecule has 36 heavy (non-hydrogen) atoms. The van der Waals surface area contributed by atoms with Crippen LogP contribution in [-0.2, 0) is 28.7 Å². The van der Waals surface area contributed by atoms with Gasteiger partial charge in [-0.1, -0.05) is 117 Å². The molecule has 0 radical (unpaired) electrons. The van der Waals surface area contributed by atoms with Gasteiger partial charge >= 0.3 is 23.9 Å². The maximum absolute atomic E-state index is 11.8. The summed E-state index contributed by atoms with van der Waals surface area (Å²) in [5, 5.41) is 19.7. The zero-order valence-electron chi connectivity index (χ0n) is 22.4. The molecule has 0 saturated heterocycles. The lowest BCUT2D eigenvalue weighted by molar-refractivity contribution is -0.165. The van der Waals surface area contributed by atoms with E-state index in [1.165, 1.54) is 51.4 Å². The van der Waals surface area contributed by atoms with Crippen LogP contribution in [0.4, 0.5) is 0 Å². The van der Waals surface area contributed by atoms with Crippen molar-refractivity contribution < 1.29 is 38.9 Å². The van der Waals surface area contributed by atoms with Crippen LogP contribution >= 0.6 is 0 Å². The topological polar surface area (TPSA) is 127 Å². The molecule has 0 aromatic rings. The number of aliphatic hydroxyl groups is 2. The Morgan fingerprint density at radius 3 is 1.11 bits per heavy atom. The van der Waals surface area contributed by atoms with Crippen molar-refractivity contribution in [1.82, 2.24) is 0 Å². The van der Waals surface area contributed by atoms with Gasteiger partial charge in [-0.05, 0) is 12.8 Å². The van der Waals surface area contributed by atoms with Gasteiger partial charge in [0.05, 0.1) is 0 Å². The first-order valence-electron chi connectivity index (χ1n) is 13.9. The Bertz CT molecular complexity index is 589. The average molecular weight is 513 g/mol. The highest BCUT2D eigenvalue weighted by Crippen LogP contribution is 2.12. The Labute approximate surface area is 216 Å². The Morgan fingerprint density at radius 2 is 0.806 bits per heavy atom. The van der Waals surface area contributed by atoms with Crippen LogP contribution < -0.4 is 0 Å².